The van der Waals surface area contributed by atoms with Crippen LogP contribution in [0.3, 0.4) is 0 Å². The summed E-state index contributed by atoms with van der Waals surface area (Å²) in [5.41, 5.74) is 2.17. The number of anilines is 3. The van der Waals surface area contributed by atoms with Gasteiger partial charge in [0.25, 0.3) is 0 Å². The van der Waals surface area contributed by atoms with Crippen LogP contribution < -0.4 is 10.6 Å². The van der Waals surface area contributed by atoms with Crippen LogP contribution in [0.1, 0.15) is 39.2 Å². The van der Waals surface area contributed by atoms with Gasteiger partial charge >= 0.3 is 0 Å². The Morgan fingerprint density at radius 2 is 2.13 bits per heavy atom. The van der Waals surface area contributed by atoms with Gasteiger partial charge in [-0.05, 0) is 39.2 Å². The monoisotopic (exact) mass is 430 g/mol. The molecule has 0 radical (unpaired) electrons. The van der Waals surface area contributed by atoms with Crippen LogP contribution in [0.4, 0.5) is 17.5 Å². The van der Waals surface area contributed by atoms with Gasteiger partial charge in [0.1, 0.15) is 0 Å². The average molecular weight is 431 g/mol. The molecule has 1 aliphatic heterocycles. The Labute approximate surface area is 180 Å². The highest BCUT2D eigenvalue weighted by molar-refractivity contribution is 6.30. The lowest BCUT2D eigenvalue weighted by atomic mass is 10.1. The highest BCUT2D eigenvalue weighted by Gasteiger charge is 2.24. The van der Waals surface area contributed by atoms with Gasteiger partial charge in [-0.1, -0.05) is 11.6 Å². The Bertz CT molecular complexity index is 1010. The first-order valence-electron chi connectivity index (χ1n) is 10.3. The van der Waals surface area contributed by atoms with E-state index in [9.17, 15) is 5.11 Å². The highest BCUT2D eigenvalue weighted by Crippen LogP contribution is 2.27. The van der Waals surface area contributed by atoms with E-state index in [0.717, 1.165) is 37.1 Å². The standard InChI is InChI=1S/C20H27ClN8O/c1-13(2)29-12-23-17-18(24-15-9-14(21)10-22-11-15)26-20(27-19(17)29)25-16-5-3-4-6-28(16)7-8-30/h9-13,16,30H,3-8H2,1-2H3,(H2,24,25,26,27)/t16-/m1/s1. The number of fused-ring (bicyclic) bond motifs is 1. The van der Waals surface area contributed by atoms with Crippen LogP contribution in [0.25, 0.3) is 11.2 Å². The van der Waals surface area contributed by atoms with Gasteiger partial charge in [-0.2, -0.15) is 9.97 Å². The Balaban J connectivity index is 1.71. The number of hydrogen-bond acceptors (Lipinski definition) is 8. The fraction of sp³-hybridized carbons (Fsp3) is 0.500. The third kappa shape index (κ3) is 4.48. The van der Waals surface area contributed by atoms with Crippen LogP contribution in [-0.4, -0.2) is 60.4 Å². The van der Waals surface area contributed by atoms with Crippen LogP contribution in [0.2, 0.25) is 5.02 Å². The van der Waals surface area contributed by atoms with Crippen molar-refractivity contribution in [1.82, 2.24) is 29.4 Å². The zero-order valence-corrected chi connectivity index (χ0v) is 18.0. The van der Waals surface area contributed by atoms with Crippen molar-refractivity contribution in [3.05, 3.63) is 29.8 Å². The number of halogens is 1. The largest absolute Gasteiger partial charge is 0.395 e. The van der Waals surface area contributed by atoms with Crippen molar-refractivity contribution >= 4 is 40.2 Å². The van der Waals surface area contributed by atoms with Gasteiger partial charge in [0.15, 0.2) is 17.0 Å². The molecule has 0 spiro atoms. The van der Waals surface area contributed by atoms with E-state index < -0.39 is 0 Å². The van der Waals surface area contributed by atoms with Gasteiger partial charge < -0.3 is 20.3 Å². The Kier molecular flexibility index (Phi) is 6.31. The van der Waals surface area contributed by atoms with Gasteiger partial charge in [0.05, 0.1) is 36.0 Å². The van der Waals surface area contributed by atoms with Crippen LogP contribution in [0, 0.1) is 0 Å². The van der Waals surface area contributed by atoms with E-state index in [2.05, 4.69) is 39.3 Å². The van der Waals surface area contributed by atoms with Crippen molar-refractivity contribution in [2.45, 2.75) is 45.3 Å². The summed E-state index contributed by atoms with van der Waals surface area (Å²) in [6.07, 6.45) is 8.38. The molecule has 4 rings (SSSR count). The van der Waals surface area contributed by atoms with E-state index >= 15 is 0 Å². The molecule has 1 saturated heterocycles. The molecule has 3 N–H and O–H groups in total. The third-order valence-electron chi connectivity index (χ3n) is 5.24. The Hall–Kier alpha value is -2.49. The van der Waals surface area contributed by atoms with Crippen LogP contribution in [0.5, 0.6) is 0 Å². The van der Waals surface area contributed by atoms with E-state index in [0.29, 0.717) is 28.9 Å². The first-order chi connectivity index (χ1) is 14.5. The zero-order chi connectivity index (χ0) is 21.1. The second kappa shape index (κ2) is 9.11. The molecule has 1 fully saturated rings. The first kappa shape index (κ1) is 20.8. The van der Waals surface area contributed by atoms with Crippen molar-refractivity contribution in [2.24, 2.45) is 0 Å². The van der Waals surface area contributed by atoms with E-state index in [1.165, 1.54) is 0 Å². The summed E-state index contributed by atoms with van der Waals surface area (Å²) in [6.45, 7) is 5.89. The lowest BCUT2D eigenvalue weighted by Gasteiger charge is -2.35. The number of rotatable bonds is 7. The summed E-state index contributed by atoms with van der Waals surface area (Å²) >= 11 is 6.09. The van der Waals surface area contributed by atoms with E-state index in [1.54, 1.807) is 24.8 Å². The normalized spacial score (nSPS) is 17.6. The molecule has 0 bridgehead atoms. The molecule has 1 aliphatic rings. The maximum Gasteiger partial charge on any atom is 0.228 e. The predicted octanol–water partition coefficient (Wildman–Crippen LogP) is 3.42. The number of aliphatic hydroxyl groups is 1. The lowest BCUT2D eigenvalue weighted by Crippen LogP contribution is -2.46. The minimum absolute atomic E-state index is 0.0828. The summed E-state index contributed by atoms with van der Waals surface area (Å²) in [5.74, 6) is 1.12. The topological polar surface area (TPSA) is 104 Å². The van der Waals surface area contributed by atoms with Gasteiger partial charge in [-0.25, -0.2) is 4.98 Å². The van der Waals surface area contributed by atoms with E-state index in [1.807, 2.05) is 4.57 Å². The lowest BCUT2D eigenvalue weighted by molar-refractivity contribution is 0.130. The molecule has 0 saturated carbocycles. The van der Waals surface area contributed by atoms with Crippen molar-refractivity contribution in [2.75, 3.05) is 30.3 Å². The van der Waals surface area contributed by atoms with Gasteiger partial charge in [0, 0.05) is 25.3 Å². The summed E-state index contributed by atoms with van der Waals surface area (Å²) in [7, 11) is 0. The first-order valence-corrected chi connectivity index (χ1v) is 10.7. The number of β-amino-alcohol motifs (C(OH)–C–C–N with tert-alkyl or cyclic N) is 1. The minimum atomic E-state index is 0.0828. The quantitative estimate of drug-likeness (QED) is 0.523. The molecule has 1 atom stereocenters. The Morgan fingerprint density at radius 3 is 2.90 bits per heavy atom. The second-order valence-electron chi connectivity index (χ2n) is 7.75. The van der Waals surface area contributed by atoms with Crippen LogP contribution >= 0.6 is 11.6 Å². The third-order valence-corrected chi connectivity index (χ3v) is 5.45. The fourth-order valence-corrected chi connectivity index (χ4v) is 3.94. The number of aliphatic hydroxyl groups excluding tert-OH is 1. The summed E-state index contributed by atoms with van der Waals surface area (Å²) in [6, 6.07) is 2.00. The molecule has 10 heteroatoms. The van der Waals surface area contributed by atoms with Gasteiger partial charge in [0.2, 0.25) is 5.95 Å². The van der Waals surface area contributed by atoms with Crippen molar-refractivity contribution < 1.29 is 5.11 Å². The number of aromatic nitrogens is 5. The van der Waals surface area contributed by atoms with Crippen molar-refractivity contribution in [3.8, 4) is 0 Å². The van der Waals surface area contributed by atoms with Crippen molar-refractivity contribution in [3.63, 3.8) is 0 Å². The van der Waals surface area contributed by atoms with E-state index in [-0.39, 0.29) is 18.8 Å². The Morgan fingerprint density at radius 1 is 1.27 bits per heavy atom. The van der Waals surface area contributed by atoms with Gasteiger partial charge in [-0.3, -0.25) is 9.88 Å². The molecule has 30 heavy (non-hydrogen) atoms. The molecule has 0 aliphatic carbocycles. The summed E-state index contributed by atoms with van der Waals surface area (Å²) < 4.78 is 2.02. The molecular formula is C20H27ClN8O. The number of hydrogen-bond donors (Lipinski definition) is 3. The molecule has 9 nitrogen and oxygen atoms in total. The molecule has 4 heterocycles. The SMILES string of the molecule is CC(C)n1cnc2c(Nc3cncc(Cl)c3)nc(N[C@H]3CCCCN3CCO)nc21. The van der Waals surface area contributed by atoms with Crippen LogP contribution in [-0.2, 0) is 0 Å². The smallest absolute Gasteiger partial charge is 0.228 e. The number of nitrogens with one attached hydrogen (secondary N) is 2. The molecule has 3 aromatic heterocycles. The number of imidazole rings is 1. The second-order valence-corrected chi connectivity index (χ2v) is 8.18. The predicted molar refractivity (Wildman–Crippen MR) is 118 cm³/mol. The number of pyridine rings is 1. The maximum atomic E-state index is 9.41. The molecule has 0 aromatic carbocycles. The zero-order valence-electron chi connectivity index (χ0n) is 17.2. The number of nitrogens with zero attached hydrogens (tertiary/aromatic N) is 6. The fourth-order valence-electron chi connectivity index (χ4n) is 3.76. The molecule has 3 aromatic rings. The molecule has 160 valence electrons. The molecular weight excluding hydrogens is 404 g/mol. The number of piperidine rings is 1. The van der Waals surface area contributed by atoms with Gasteiger partial charge in [-0.15, -0.1) is 0 Å². The summed E-state index contributed by atoms with van der Waals surface area (Å²) in [4.78, 5) is 20.4. The average Bonchev–Trinajstić information content (AvgIpc) is 3.14. The van der Waals surface area contributed by atoms with Crippen LogP contribution in [0.15, 0.2) is 24.8 Å². The van der Waals surface area contributed by atoms with Crippen molar-refractivity contribution in [1.29, 1.82) is 0 Å². The molecule has 0 amide bonds. The maximum absolute atomic E-state index is 9.41. The number of likely N-dealkylation sites (tertiary alicyclic amines) is 1. The van der Waals surface area contributed by atoms with E-state index in [4.69, 9.17) is 21.6 Å². The minimum Gasteiger partial charge on any atom is -0.395 e. The highest BCUT2D eigenvalue weighted by atomic mass is 35.5. The summed E-state index contributed by atoms with van der Waals surface area (Å²) in [5, 5.41) is 16.7. The molecule has 0 unspecified atom stereocenters.